The van der Waals surface area contributed by atoms with E-state index in [1.807, 2.05) is 28.8 Å². The number of hydrogen-bond acceptors (Lipinski definition) is 3. The molecule has 0 spiro atoms. The lowest BCUT2D eigenvalue weighted by Gasteiger charge is -2.27. The van der Waals surface area contributed by atoms with E-state index >= 15 is 0 Å². The van der Waals surface area contributed by atoms with Crippen molar-refractivity contribution in [3.8, 4) is 0 Å². The van der Waals surface area contributed by atoms with E-state index in [0.29, 0.717) is 5.92 Å². The fourth-order valence-corrected chi connectivity index (χ4v) is 2.77. The highest BCUT2D eigenvalue weighted by Gasteiger charge is 2.18. The fourth-order valence-electron chi connectivity index (χ4n) is 2.14. The van der Waals surface area contributed by atoms with Crippen LogP contribution in [0.4, 0.5) is 0 Å². The number of nitrogens with zero attached hydrogens (tertiary/aromatic N) is 1. The Morgan fingerprint density at radius 1 is 1.53 bits per heavy atom. The van der Waals surface area contributed by atoms with Gasteiger partial charge in [-0.2, -0.15) is 11.3 Å². The minimum absolute atomic E-state index is 0. The predicted octanol–water partition coefficient (Wildman–Crippen LogP) is 2.24. The van der Waals surface area contributed by atoms with Gasteiger partial charge in [0.1, 0.15) is 0 Å². The molecule has 1 aromatic heterocycles. The van der Waals surface area contributed by atoms with Gasteiger partial charge in [-0.25, -0.2) is 0 Å². The monoisotopic (exact) mass is 274 g/mol. The molecule has 0 unspecified atom stereocenters. The van der Waals surface area contributed by atoms with Crippen LogP contribution in [-0.4, -0.2) is 37.5 Å². The molecule has 96 valence electrons. The summed E-state index contributed by atoms with van der Waals surface area (Å²) in [5.74, 6) is 0.814. The Kier molecular flexibility index (Phi) is 5.95. The molecule has 3 nitrogen and oxygen atoms in total. The van der Waals surface area contributed by atoms with Gasteiger partial charge in [-0.3, -0.25) is 4.79 Å². The quantitative estimate of drug-likeness (QED) is 0.917. The van der Waals surface area contributed by atoms with Gasteiger partial charge in [0.2, 0.25) is 0 Å². The Labute approximate surface area is 113 Å². The van der Waals surface area contributed by atoms with Crippen molar-refractivity contribution in [2.24, 2.45) is 5.92 Å². The number of halogens is 1. The molecular formula is C12H19ClN2OS. The number of hydrogen-bond donors (Lipinski definition) is 1. The van der Waals surface area contributed by atoms with E-state index in [0.717, 1.165) is 25.2 Å². The van der Waals surface area contributed by atoms with Gasteiger partial charge in [0.25, 0.3) is 5.91 Å². The summed E-state index contributed by atoms with van der Waals surface area (Å²) in [5.41, 5.74) is 0.821. The molecule has 0 radical (unpaired) electrons. The molecule has 1 saturated heterocycles. The van der Waals surface area contributed by atoms with Crippen molar-refractivity contribution in [2.75, 3.05) is 26.7 Å². The number of carbonyl (C=O) groups excluding carboxylic acids is 1. The van der Waals surface area contributed by atoms with Gasteiger partial charge >= 0.3 is 0 Å². The molecule has 0 bridgehead atoms. The van der Waals surface area contributed by atoms with Gasteiger partial charge < -0.3 is 10.2 Å². The van der Waals surface area contributed by atoms with Crippen molar-refractivity contribution in [1.29, 1.82) is 0 Å². The van der Waals surface area contributed by atoms with Crippen LogP contribution in [0.15, 0.2) is 16.8 Å². The van der Waals surface area contributed by atoms with Crippen LogP contribution in [0, 0.1) is 5.92 Å². The highest BCUT2D eigenvalue weighted by atomic mass is 35.5. The van der Waals surface area contributed by atoms with Crippen molar-refractivity contribution in [3.05, 3.63) is 22.4 Å². The first-order valence-corrected chi connectivity index (χ1v) is 6.70. The highest BCUT2D eigenvalue weighted by molar-refractivity contribution is 7.08. The Balaban J connectivity index is 0.00000144. The summed E-state index contributed by atoms with van der Waals surface area (Å²) in [4.78, 5) is 13.9. The van der Waals surface area contributed by atoms with E-state index < -0.39 is 0 Å². The third kappa shape index (κ3) is 3.98. The van der Waals surface area contributed by atoms with Crippen LogP contribution in [-0.2, 0) is 0 Å². The van der Waals surface area contributed by atoms with Crippen LogP contribution in [0.3, 0.4) is 0 Å². The molecule has 2 rings (SSSR count). The van der Waals surface area contributed by atoms with Crippen molar-refractivity contribution < 1.29 is 4.79 Å². The van der Waals surface area contributed by atoms with E-state index in [4.69, 9.17) is 0 Å². The molecule has 0 aliphatic carbocycles. The maximum atomic E-state index is 12.0. The average molecular weight is 275 g/mol. The number of piperidine rings is 1. The third-order valence-electron chi connectivity index (χ3n) is 3.11. The minimum atomic E-state index is 0. The number of carbonyl (C=O) groups is 1. The molecule has 1 aliphatic heterocycles. The van der Waals surface area contributed by atoms with E-state index in [9.17, 15) is 4.79 Å². The molecular weight excluding hydrogens is 256 g/mol. The molecule has 1 amide bonds. The van der Waals surface area contributed by atoms with Crippen LogP contribution >= 0.6 is 23.7 Å². The molecule has 5 heteroatoms. The SMILES string of the molecule is CN(CC1CCNCC1)C(=O)c1ccsc1.Cl. The van der Waals surface area contributed by atoms with Gasteiger partial charge in [-0.15, -0.1) is 12.4 Å². The summed E-state index contributed by atoms with van der Waals surface area (Å²) in [6.45, 7) is 3.06. The number of amides is 1. The highest BCUT2D eigenvalue weighted by Crippen LogP contribution is 2.15. The standard InChI is InChI=1S/C12H18N2OS.ClH/c1-14(8-10-2-5-13-6-3-10)12(15)11-4-7-16-9-11;/h4,7,9-10,13H,2-3,5-6,8H2,1H3;1H. The van der Waals surface area contributed by atoms with Crippen molar-refractivity contribution in [3.63, 3.8) is 0 Å². The number of thiophene rings is 1. The zero-order valence-electron chi connectivity index (χ0n) is 10.0. The van der Waals surface area contributed by atoms with Gasteiger partial charge in [0.15, 0.2) is 0 Å². The Morgan fingerprint density at radius 3 is 2.82 bits per heavy atom. The predicted molar refractivity (Wildman–Crippen MR) is 74.1 cm³/mol. The molecule has 1 N–H and O–H groups in total. The Bertz CT molecular complexity index is 336. The maximum absolute atomic E-state index is 12.0. The Morgan fingerprint density at radius 2 is 2.24 bits per heavy atom. The number of rotatable bonds is 3. The van der Waals surface area contributed by atoms with Gasteiger partial charge in [-0.1, -0.05) is 0 Å². The zero-order chi connectivity index (χ0) is 11.4. The fraction of sp³-hybridized carbons (Fsp3) is 0.583. The molecule has 17 heavy (non-hydrogen) atoms. The van der Waals surface area contributed by atoms with Crippen molar-refractivity contribution in [2.45, 2.75) is 12.8 Å². The first kappa shape index (κ1) is 14.5. The summed E-state index contributed by atoms with van der Waals surface area (Å²) in [6, 6.07) is 1.89. The molecule has 1 fully saturated rings. The first-order chi connectivity index (χ1) is 7.77. The molecule has 1 aliphatic rings. The second-order valence-electron chi connectivity index (χ2n) is 4.39. The molecule has 0 aromatic carbocycles. The topological polar surface area (TPSA) is 32.3 Å². The summed E-state index contributed by atoms with van der Waals surface area (Å²) >= 11 is 1.57. The van der Waals surface area contributed by atoms with Gasteiger partial charge in [0.05, 0.1) is 5.56 Å². The van der Waals surface area contributed by atoms with E-state index in [2.05, 4.69) is 5.32 Å². The number of nitrogens with one attached hydrogen (secondary N) is 1. The maximum Gasteiger partial charge on any atom is 0.254 e. The summed E-state index contributed by atoms with van der Waals surface area (Å²) in [7, 11) is 1.90. The van der Waals surface area contributed by atoms with Crippen LogP contribution in [0.5, 0.6) is 0 Å². The zero-order valence-corrected chi connectivity index (χ0v) is 11.6. The lowest BCUT2D eigenvalue weighted by Crippen LogP contribution is -2.37. The van der Waals surface area contributed by atoms with Crippen LogP contribution in [0.2, 0.25) is 0 Å². The molecule has 0 atom stereocenters. The van der Waals surface area contributed by atoms with Crippen LogP contribution in [0.1, 0.15) is 23.2 Å². The third-order valence-corrected chi connectivity index (χ3v) is 3.79. The van der Waals surface area contributed by atoms with E-state index in [1.54, 1.807) is 11.3 Å². The smallest absolute Gasteiger partial charge is 0.254 e. The van der Waals surface area contributed by atoms with Gasteiger partial charge in [-0.05, 0) is 43.3 Å². The van der Waals surface area contributed by atoms with Crippen LogP contribution < -0.4 is 5.32 Å². The average Bonchev–Trinajstić information content (AvgIpc) is 2.83. The second-order valence-corrected chi connectivity index (χ2v) is 5.17. The van der Waals surface area contributed by atoms with Crippen LogP contribution in [0.25, 0.3) is 0 Å². The van der Waals surface area contributed by atoms with E-state index in [1.165, 1.54) is 12.8 Å². The van der Waals surface area contributed by atoms with E-state index in [-0.39, 0.29) is 18.3 Å². The summed E-state index contributed by atoms with van der Waals surface area (Å²) in [5, 5.41) is 7.21. The van der Waals surface area contributed by atoms with Gasteiger partial charge in [0, 0.05) is 19.0 Å². The molecule has 0 saturated carbocycles. The second kappa shape index (κ2) is 6.99. The Hall–Kier alpha value is -0.580. The summed E-state index contributed by atoms with van der Waals surface area (Å²) in [6.07, 6.45) is 2.36. The van der Waals surface area contributed by atoms with Crippen molar-refractivity contribution in [1.82, 2.24) is 10.2 Å². The van der Waals surface area contributed by atoms with Crippen molar-refractivity contribution >= 4 is 29.7 Å². The molecule has 2 heterocycles. The molecule has 1 aromatic rings. The lowest BCUT2D eigenvalue weighted by atomic mass is 9.97. The largest absolute Gasteiger partial charge is 0.341 e. The first-order valence-electron chi connectivity index (χ1n) is 5.76. The summed E-state index contributed by atoms with van der Waals surface area (Å²) < 4.78 is 0. The minimum Gasteiger partial charge on any atom is -0.341 e. The normalized spacial score (nSPS) is 16.3. The lowest BCUT2D eigenvalue weighted by molar-refractivity contribution is 0.0763.